The molecule has 0 unspecified atom stereocenters. The zero-order valence-electron chi connectivity index (χ0n) is 6.70. The number of nitrogens with zero attached hydrogens (tertiary/aromatic N) is 1. The Bertz CT molecular complexity index is 344. The van der Waals surface area contributed by atoms with Gasteiger partial charge in [-0.25, -0.2) is 0 Å². The number of hydrogen-bond donors (Lipinski definition) is 1. The zero-order chi connectivity index (χ0) is 11.9. The third-order valence-corrected chi connectivity index (χ3v) is 1.47. The molecule has 0 saturated carbocycles. The summed E-state index contributed by atoms with van der Waals surface area (Å²) in [5, 5.41) is 3.57. The number of aromatic amines is 1. The molecule has 0 atom stereocenters. The number of carbonyl (C=O) groups excluding carboxylic acids is 1. The van der Waals surface area contributed by atoms with Crippen molar-refractivity contribution in [2.75, 3.05) is 0 Å². The van der Waals surface area contributed by atoms with Gasteiger partial charge in [-0.2, -0.15) is 31.4 Å². The van der Waals surface area contributed by atoms with Crippen LogP contribution in [0.25, 0.3) is 0 Å². The molecular weight excluding hydrogens is 230 g/mol. The van der Waals surface area contributed by atoms with Gasteiger partial charge in [-0.15, -0.1) is 0 Å². The summed E-state index contributed by atoms with van der Waals surface area (Å²) in [5.74, 6) is 0. The van der Waals surface area contributed by atoms with Gasteiger partial charge in [-0.3, -0.25) is 9.89 Å². The molecule has 0 aromatic carbocycles. The highest BCUT2D eigenvalue weighted by atomic mass is 19.4. The normalized spacial score (nSPS) is 12.9. The summed E-state index contributed by atoms with van der Waals surface area (Å²) in [5.41, 5.74) is -5.20. The number of aldehydes is 1. The molecule has 15 heavy (non-hydrogen) atoms. The van der Waals surface area contributed by atoms with Crippen LogP contribution in [0.4, 0.5) is 26.3 Å². The molecular formula is C6H2F6N2O. The second kappa shape index (κ2) is 3.24. The van der Waals surface area contributed by atoms with Gasteiger partial charge >= 0.3 is 12.4 Å². The summed E-state index contributed by atoms with van der Waals surface area (Å²) in [4.78, 5) is 10.1. The number of nitrogens with one attached hydrogen (secondary N) is 1. The summed E-state index contributed by atoms with van der Waals surface area (Å²) in [6.45, 7) is 0. The van der Waals surface area contributed by atoms with E-state index in [1.54, 1.807) is 0 Å². The first-order valence-corrected chi connectivity index (χ1v) is 3.36. The molecule has 0 aliphatic rings. The monoisotopic (exact) mass is 232 g/mol. The second-order valence-corrected chi connectivity index (χ2v) is 2.47. The van der Waals surface area contributed by atoms with E-state index in [-0.39, 0.29) is 0 Å². The third-order valence-electron chi connectivity index (χ3n) is 1.47. The lowest BCUT2D eigenvalue weighted by molar-refractivity contribution is -0.143. The van der Waals surface area contributed by atoms with Crippen molar-refractivity contribution in [2.45, 2.75) is 12.4 Å². The zero-order valence-corrected chi connectivity index (χ0v) is 6.70. The van der Waals surface area contributed by atoms with Crippen molar-refractivity contribution in [3.05, 3.63) is 17.0 Å². The second-order valence-electron chi connectivity index (χ2n) is 2.47. The van der Waals surface area contributed by atoms with E-state index in [9.17, 15) is 31.1 Å². The van der Waals surface area contributed by atoms with Crippen molar-refractivity contribution >= 4 is 6.29 Å². The van der Waals surface area contributed by atoms with Crippen LogP contribution in [-0.2, 0) is 12.4 Å². The lowest BCUT2D eigenvalue weighted by Crippen LogP contribution is -2.12. The molecule has 0 saturated heterocycles. The molecule has 1 rings (SSSR count). The molecule has 0 amide bonds. The molecule has 3 nitrogen and oxygen atoms in total. The van der Waals surface area contributed by atoms with Crippen LogP contribution in [0.2, 0.25) is 0 Å². The van der Waals surface area contributed by atoms with Crippen molar-refractivity contribution < 1.29 is 31.1 Å². The largest absolute Gasteiger partial charge is 0.435 e. The van der Waals surface area contributed by atoms with E-state index in [1.807, 2.05) is 0 Å². The average Bonchev–Trinajstić information content (AvgIpc) is 2.43. The number of H-pyrrole nitrogens is 1. The molecule has 0 radical (unpaired) electrons. The highest BCUT2D eigenvalue weighted by Gasteiger charge is 2.44. The number of hydrogen-bond acceptors (Lipinski definition) is 2. The van der Waals surface area contributed by atoms with Gasteiger partial charge in [0.25, 0.3) is 0 Å². The summed E-state index contributed by atoms with van der Waals surface area (Å²) in [7, 11) is 0. The third kappa shape index (κ3) is 2.10. The summed E-state index contributed by atoms with van der Waals surface area (Å²) >= 11 is 0. The quantitative estimate of drug-likeness (QED) is 0.596. The fourth-order valence-electron chi connectivity index (χ4n) is 0.898. The number of aromatic nitrogens is 2. The minimum Gasteiger partial charge on any atom is -0.298 e. The minimum atomic E-state index is -5.10. The molecule has 0 aliphatic heterocycles. The standard InChI is InChI=1S/C6H2F6N2O/c7-5(8,9)3-2(1-15)4(14-13-3)6(10,11)12/h1H,(H,13,14). The Hall–Kier alpha value is -1.54. The number of rotatable bonds is 1. The highest BCUT2D eigenvalue weighted by Crippen LogP contribution is 2.36. The molecule has 9 heteroatoms. The predicted molar refractivity (Wildman–Crippen MR) is 34.0 cm³/mol. The number of alkyl halides is 6. The first-order chi connectivity index (χ1) is 6.68. The molecule has 84 valence electrons. The van der Waals surface area contributed by atoms with Gasteiger partial charge in [0, 0.05) is 0 Å². The molecule has 1 N–H and O–H groups in total. The minimum absolute atomic E-state index is 0.533. The Labute approximate surface area is 78.1 Å². The van der Waals surface area contributed by atoms with Crippen molar-refractivity contribution in [1.82, 2.24) is 10.2 Å². The summed E-state index contributed by atoms with van der Waals surface area (Å²) in [6.07, 6.45) is -10.7. The SMILES string of the molecule is O=Cc1c(C(F)(F)F)n[nH]c1C(F)(F)F. The van der Waals surface area contributed by atoms with Crippen LogP contribution in [0.1, 0.15) is 21.7 Å². The van der Waals surface area contributed by atoms with Crippen molar-refractivity contribution in [1.29, 1.82) is 0 Å². The van der Waals surface area contributed by atoms with E-state index in [0.29, 0.717) is 0 Å². The smallest absolute Gasteiger partial charge is 0.298 e. The maximum atomic E-state index is 12.0. The first kappa shape index (κ1) is 11.5. The van der Waals surface area contributed by atoms with Gasteiger partial charge in [0.05, 0.1) is 5.56 Å². The average molecular weight is 232 g/mol. The summed E-state index contributed by atoms with van der Waals surface area (Å²) < 4.78 is 72.2. The van der Waals surface area contributed by atoms with E-state index in [2.05, 4.69) is 5.10 Å². The van der Waals surface area contributed by atoms with E-state index in [1.165, 1.54) is 0 Å². The predicted octanol–water partition coefficient (Wildman–Crippen LogP) is 2.26. The lowest BCUT2D eigenvalue weighted by Gasteiger charge is -2.05. The van der Waals surface area contributed by atoms with Gasteiger partial charge in [0.15, 0.2) is 17.7 Å². The first-order valence-electron chi connectivity index (χ1n) is 3.36. The molecule has 0 aliphatic carbocycles. The fourth-order valence-corrected chi connectivity index (χ4v) is 0.898. The maximum absolute atomic E-state index is 12.0. The molecule has 1 aromatic rings. The van der Waals surface area contributed by atoms with Crippen LogP contribution < -0.4 is 0 Å². The number of halogens is 6. The van der Waals surface area contributed by atoms with Gasteiger partial charge in [0.2, 0.25) is 0 Å². The lowest BCUT2D eigenvalue weighted by atomic mass is 10.2. The molecule has 0 fully saturated rings. The Morgan fingerprint density at radius 2 is 1.60 bits per heavy atom. The topological polar surface area (TPSA) is 45.8 Å². The molecule has 0 spiro atoms. The van der Waals surface area contributed by atoms with Crippen LogP contribution in [0.3, 0.4) is 0 Å². The van der Waals surface area contributed by atoms with E-state index in [0.717, 1.165) is 5.10 Å². The Morgan fingerprint density at radius 3 is 1.93 bits per heavy atom. The van der Waals surface area contributed by atoms with E-state index < -0.39 is 35.6 Å². The Balaban J connectivity index is 3.37. The van der Waals surface area contributed by atoms with Gasteiger partial charge in [-0.05, 0) is 0 Å². The number of carbonyl (C=O) groups is 1. The van der Waals surface area contributed by atoms with Crippen LogP contribution in [0.5, 0.6) is 0 Å². The van der Waals surface area contributed by atoms with E-state index in [4.69, 9.17) is 0 Å². The van der Waals surface area contributed by atoms with Crippen LogP contribution >= 0.6 is 0 Å². The maximum Gasteiger partial charge on any atom is 0.435 e. The van der Waals surface area contributed by atoms with Crippen LogP contribution in [0, 0.1) is 0 Å². The van der Waals surface area contributed by atoms with E-state index >= 15 is 0 Å². The van der Waals surface area contributed by atoms with Crippen molar-refractivity contribution in [2.24, 2.45) is 0 Å². The Kier molecular flexibility index (Phi) is 2.49. The molecule has 1 heterocycles. The highest BCUT2D eigenvalue weighted by molar-refractivity contribution is 5.78. The van der Waals surface area contributed by atoms with Gasteiger partial charge < -0.3 is 0 Å². The van der Waals surface area contributed by atoms with Gasteiger partial charge in [0.1, 0.15) is 0 Å². The fraction of sp³-hybridized carbons (Fsp3) is 0.333. The van der Waals surface area contributed by atoms with Crippen molar-refractivity contribution in [3.63, 3.8) is 0 Å². The van der Waals surface area contributed by atoms with Crippen LogP contribution in [0.15, 0.2) is 0 Å². The van der Waals surface area contributed by atoms with Crippen molar-refractivity contribution in [3.8, 4) is 0 Å². The Morgan fingerprint density at radius 1 is 1.07 bits per heavy atom. The molecule has 1 aromatic heterocycles. The van der Waals surface area contributed by atoms with Gasteiger partial charge in [-0.1, -0.05) is 0 Å². The molecule has 0 bridgehead atoms. The van der Waals surface area contributed by atoms with Crippen LogP contribution in [-0.4, -0.2) is 16.5 Å². The summed E-state index contributed by atoms with van der Waals surface area (Å²) in [6, 6.07) is 0.